The molecule has 0 aliphatic carbocycles. The molecule has 1 fully saturated rings. The summed E-state index contributed by atoms with van der Waals surface area (Å²) >= 11 is 5.51. The molecule has 1 saturated heterocycles. The SMILES string of the molecule is FC(F)(F)c1cc(NC2CNC2)ccc1Cl. The molecular formula is C10H10ClF3N2. The second-order valence-electron chi connectivity index (χ2n) is 3.69. The highest BCUT2D eigenvalue weighted by atomic mass is 35.5. The number of hydrogen-bond donors (Lipinski definition) is 2. The fraction of sp³-hybridized carbons (Fsp3) is 0.400. The number of alkyl halides is 3. The van der Waals surface area contributed by atoms with Gasteiger partial charge in [0.1, 0.15) is 0 Å². The second kappa shape index (κ2) is 4.14. The maximum atomic E-state index is 12.5. The molecule has 0 bridgehead atoms. The second-order valence-corrected chi connectivity index (χ2v) is 4.10. The maximum absolute atomic E-state index is 12.5. The minimum Gasteiger partial charge on any atom is -0.380 e. The van der Waals surface area contributed by atoms with Crippen molar-refractivity contribution in [2.45, 2.75) is 12.2 Å². The van der Waals surface area contributed by atoms with E-state index in [0.717, 1.165) is 19.2 Å². The lowest BCUT2D eigenvalue weighted by Crippen LogP contribution is -2.51. The van der Waals surface area contributed by atoms with Crippen molar-refractivity contribution in [1.29, 1.82) is 0 Å². The summed E-state index contributed by atoms with van der Waals surface area (Å²) in [5, 5.41) is 5.75. The largest absolute Gasteiger partial charge is 0.417 e. The van der Waals surface area contributed by atoms with Crippen LogP contribution < -0.4 is 10.6 Å². The average molecular weight is 251 g/mol. The van der Waals surface area contributed by atoms with E-state index in [1.807, 2.05) is 0 Å². The van der Waals surface area contributed by atoms with Gasteiger partial charge in [-0.15, -0.1) is 0 Å². The van der Waals surface area contributed by atoms with Crippen molar-refractivity contribution in [2.75, 3.05) is 18.4 Å². The van der Waals surface area contributed by atoms with E-state index in [2.05, 4.69) is 10.6 Å². The lowest BCUT2D eigenvalue weighted by atomic mass is 10.1. The predicted molar refractivity (Wildman–Crippen MR) is 56.7 cm³/mol. The van der Waals surface area contributed by atoms with E-state index in [0.29, 0.717) is 5.69 Å². The van der Waals surface area contributed by atoms with Crippen LogP contribution in [0.3, 0.4) is 0 Å². The van der Waals surface area contributed by atoms with Gasteiger partial charge in [-0.3, -0.25) is 0 Å². The summed E-state index contributed by atoms with van der Waals surface area (Å²) in [4.78, 5) is 0. The van der Waals surface area contributed by atoms with Crippen LogP contribution in [0.4, 0.5) is 18.9 Å². The van der Waals surface area contributed by atoms with E-state index in [9.17, 15) is 13.2 Å². The highest BCUT2D eigenvalue weighted by Crippen LogP contribution is 2.36. The molecule has 1 heterocycles. The van der Waals surface area contributed by atoms with Gasteiger partial charge in [-0.05, 0) is 18.2 Å². The van der Waals surface area contributed by atoms with E-state index in [1.165, 1.54) is 6.07 Å². The molecule has 0 aromatic heterocycles. The summed E-state index contributed by atoms with van der Waals surface area (Å²) in [7, 11) is 0. The Morgan fingerprint density at radius 1 is 1.31 bits per heavy atom. The molecule has 6 heteroatoms. The molecule has 1 aliphatic rings. The third kappa shape index (κ3) is 2.41. The summed E-state index contributed by atoms with van der Waals surface area (Å²) < 4.78 is 37.6. The van der Waals surface area contributed by atoms with Crippen LogP contribution in [-0.4, -0.2) is 19.1 Å². The summed E-state index contributed by atoms with van der Waals surface area (Å²) in [6.45, 7) is 1.54. The van der Waals surface area contributed by atoms with Crippen LogP contribution in [-0.2, 0) is 6.18 Å². The first-order valence-electron chi connectivity index (χ1n) is 4.81. The molecule has 1 aromatic rings. The third-order valence-electron chi connectivity index (χ3n) is 2.42. The first-order valence-corrected chi connectivity index (χ1v) is 5.18. The molecule has 88 valence electrons. The quantitative estimate of drug-likeness (QED) is 0.843. The van der Waals surface area contributed by atoms with E-state index >= 15 is 0 Å². The molecule has 1 aromatic carbocycles. The Bertz CT molecular complexity index is 388. The zero-order chi connectivity index (χ0) is 11.8. The Labute approximate surface area is 95.8 Å². The van der Waals surface area contributed by atoms with Gasteiger partial charge < -0.3 is 10.6 Å². The fourth-order valence-corrected chi connectivity index (χ4v) is 1.68. The van der Waals surface area contributed by atoms with Crippen LogP contribution in [0.2, 0.25) is 5.02 Å². The number of rotatable bonds is 2. The fourth-order valence-electron chi connectivity index (χ4n) is 1.46. The molecule has 0 saturated carbocycles. The molecule has 0 atom stereocenters. The summed E-state index contributed by atoms with van der Waals surface area (Å²) in [5.74, 6) is 0. The molecule has 0 amide bonds. The van der Waals surface area contributed by atoms with Gasteiger partial charge in [0, 0.05) is 18.8 Å². The molecule has 0 unspecified atom stereocenters. The van der Waals surface area contributed by atoms with Crippen molar-refractivity contribution < 1.29 is 13.2 Å². The zero-order valence-corrected chi connectivity index (χ0v) is 8.99. The molecule has 0 radical (unpaired) electrons. The molecule has 2 N–H and O–H groups in total. The van der Waals surface area contributed by atoms with Crippen molar-refractivity contribution in [3.8, 4) is 0 Å². The molecule has 1 aliphatic heterocycles. The topological polar surface area (TPSA) is 24.1 Å². The van der Waals surface area contributed by atoms with Crippen molar-refractivity contribution in [1.82, 2.24) is 5.32 Å². The lowest BCUT2D eigenvalue weighted by Gasteiger charge is -2.29. The number of benzene rings is 1. The number of anilines is 1. The normalized spacial score (nSPS) is 17.0. The Hall–Kier alpha value is -0.940. The first-order chi connectivity index (χ1) is 7.47. The Kier molecular flexibility index (Phi) is 2.99. The van der Waals surface area contributed by atoms with Gasteiger partial charge in [-0.25, -0.2) is 0 Å². The smallest absolute Gasteiger partial charge is 0.380 e. The average Bonchev–Trinajstić information content (AvgIpc) is 2.12. The van der Waals surface area contributed by atoms with Crippen LogP contribution in [0, 0.1) is 0 Å². The van der Waals surface area contributed by atoms with E-state index in [1.54, 1.807) is 6.07 Å². The number of nitrogens with one attached hydrogen (secondary N) is 2. The van der Waals surface area contributed by atoms with E-state index in [4.69, 9.17) is 11.6 Å². The molecule has 2 nitrogen and oxygen atoms in total. The summed E-state index contributed by atoms with van der Waals surface area (Å²) in [5.41, 5.74) is -0.352. The molecule has 2 rings (SSSR count). The Morgan fingerprint density at radius 3 is 2.50 bits per heavy atom. The van der Waals surface area contributed by atoms with Crippen molar-refractivity contribution in [2.24, 2.45) is 0 Å². The highest BCUT2D eigenvalue weighted by molar-refractivity contribution is 6.31. The molecule has 0 spiro atoms. The first kappa shape index (κ1) is 11.5. The van der Waals surface area contributed by atoms with Crippen LogP contribution in [0.15, 0.2) is 18.2 Å². The highest BCUT2D eigenvalue weighted by Gasteiger charge is 2.33. The minimum atomic E-state index is -4.41. The van der Waals surface area contributed by atoms with Gasteiger partial charge in [0.25, 0.3) is 0 Å². The van der Waals surface area contributed by atoms with Crippen molar-refractivity contribution >= 4 is 17.3 Å². The van der Waals surface area contributed by atoms with E-state index < -0.39 is 11.7 Å². The van der Waals surface area contributed by atoms with Gasteiger partial charge in [-0.1, -0.05) is 11.6 Å². The lowest BCUT2D eigenvalue weighted by molar-refractivity contribution is -0.137. The summed E-state index contributed by atoms with van der Waals surface area (Å²) in [6.07, 6.45) is -4.41. The van der Waals surface area contributed by atoms with Gasteiger partial charge in [-0.2, -0.15) is 13.2 Å². The minimum absolute atomic E-state index is 0.197. The van der Waals surface area contributed by atoms with Crippen LogP contribution in [0.25, 0.3) is 0 Å². The van der Waals surface area contributed by atoms with Gasteiger partial charge in [0.2, 0.25) is 0 Å². The summed E-state index contributed by atoms with van der Waals surface area (Å²) in [6, 6.07) is 4.05. The molecular weight excluding hydrogens is 241 g/mol. The van der Waals surface area contributed by atoms with Crippen LogP contribution >= 0.6 is 11.6 Å². The zero-order valence-electron chi connectivity index (χ0n) is 8.24. The predicted octanol–water partition coefficient (Wildman–Crippen LogP) is 2.74. The van der Waals surface area contributed by atoms with Gasteiger partial charge in [0.05, 0.1) is 16.6 Å². The van der Waals surface area contributed by atoms with Crippen molar-refractivity contribution in [3.05, 3.63) is 28.8 Å². The maximum Gasteiger partial charge on any atom is 0.417 e. The van der Waals surface area contributed by atoms with Crippen molar-refractivity contribution in [3.63, 3.8) is 0 Å². The van der Waals surface area contributed by atoms with Gasteiger partial charge >= 0.3 is 6.18 Å². The Morgan fingerprint density at radius 2 is 2.00 bits per heavy atom. The Balaban J connectivity index is 2.20. The van der Waals surface area contributed by atoms with Gasteiger partial charge in [0.15, 0.2) is 0 Å². The molecule has 16 heavy (non-hydrogen) atoms. The monoisotopic (exact) mass is 250 g/mol. The standard InChI is InChI=1S/C10H10ClF3N2/c11-9-2-1-6(16-7-4-15-5-7)3-8(9)10(12,13)14/h1-3,7,15-16H,4-5H2. The third-order valence-corrected chi connectivity index (χ3v) is 2.75. The number of hydrogen-bond acceptors (Lipinski definition) is 2. The van der Waals surface area contributed by atoms with E-state index in [-0.39, 0.29) is 11.1 Å². The number of halogens is 4. The van der Waals surface area contributed by atoms with Crippen LogP contribution in [0.1, 0.15) is 5.56 Å². The van der Waals surface area contributed by atoms with Crippen LogP contribution in [0.5, 0.6) is 0 Å².